The zero-order chi connectivity index (χ0) is 14.8. The van der Waals surface area contributed by atoms with Crippen molar-refractivity contribution in [3.05, 3.63) is 16.1 Å². The number of nitrogens with zero attached hydrogens (tertiary/aromatic N) is 2. The Kier molecular flexibility index (Phi) is 5.17. The van der Waals surface area contributed by atoms with Crippen molar-refractivity contribution in [1.82, 2.24) is 14.6 Å². The topological polar surface area (TPSA) is 62.3 Å². The molecule has 5 nitrogen and oxygen atoms in total. The lowest BCUT2D eigenvalue weighted by molar-refractivity contribution is 0.469. The van der Waals surface area contributed by atoms with Crippen LogP contribution in [-0.4, -0.2) is 50.1 Å². The van der Waals surface area contributed by atoms with Gasteiger partial charge in [0.1, 0.15) is 0 Å². The summed E-state index contributed by atoms with van der Waals surface area (Å²) in [5, 5.41) is 3.43. The summed E-state index contributed by atoms with van der Waals surface area (Å²) in [6, 6.07) is 0.0793. The molecule has 0 bridgehead atoms. The Morgan fingerprint density at radius 2 is 2.20 bits per heavy atom. The highest BCUT2D eigenvalue weighted by Gasteiger charge is 2.34. The van der Waals surface area contributed by atoms with Crippen molar-refractivity contribution in [2.75, 3.05) is 26.4 Å². The summed E-state index contributed by atoms with van der Waals surface area (Å²) in [6.07, 6.45) is 3.20. The summed E-state index contributed by atoms with van der Waals surface area (Å²) in [5.74, 6) is 0.721. The van der Waals surface area contributed by atoms with Crippen molar-refractivity contribution in [1.29, 1.82) is 0 Å². The van der Waals surface area contributed by atoms with Crippen LogP contribution in [0.25, 0.3) is 0 Å². The van der Waals surface area contributed by atoms with Crippen LogP contribution in [0.5, 0.6) is 0 Å². The van der Waals surface area contributed by atoms with Crippen LogP contribution in [0, 0.1) is 12.8 Å². The second-order valence-corrected chi connectivity index (χ2v) is 8.74. The molecule has 1 fully saturated rings. The van der Waals surface area contributed by atoms with E-state index < -0.39 is 10.0 Å². The van der Waals surface area contributed by atoms with Crippen LogP contribution < -0.4 is 5.32 Å². The quantitative estimate of drug-likeness (QED) is 0.784. The lowest BCUT2D eigenvalue weighted by Gasteiger charge is -2.20. The minimum absolute atomic E-state index is 0.0793. The Balaban J connectivity index is 1.86. The molecule has 2 rings (SSSR count). The van der Waals surface area contributed by atoms with Crippen molar-refractivity contribution in [2.24, 2.45) is 5.92 Å². The molecule has 1 aliphatic carbocycles. The highest BCUT2D eigenvalue weighted by atomic mass is 32.2. The third-order valence-electron chi connectivity index (χ3n) is 3.74. The maximum absolute atomic E-state index is 12.0. The van der Waals surface area contributed by atoms with Crippen LogP contribution in [0.15, 0.2) is 5.51 Å². The Bertz CT molecular complexity index is 536. The van der Waals surface area contributed by atoms with E-state index in [0.717, 1.165) is 31.5 Å². The first-order valence-electron chi connectivity index (χ1n) is 6.92. The molecule has 20 heavy (non-hydrogen) atoms. The number of aromatic nitrogens is 1. The Hall–Kier alpha value is -0.500. The van der Waals surface area contributed by atoms with Gasteiger partial charge in [0, 0.05) is 31.6 Å². The first kappa shape index (κ1) is 15.9. The van der Waals surface area contributed by atoms with Crippen molar-refractivity contribution < 1.29 is 8.42 Å². The normalized spacial score (nSPS) is 17.6. The molecular formula is C13H23N3O2S2. The van der Waals surface area contributed by atoms with Gasteiger partial charge in [0.25, 0.3) is 0 Å². The number of nitrogens with one attached hydrogen (secondary N) is 1. The standard InChI is InChI=1S/C13H23N3O2S2/c1-10-13(19-9-15-10)6-7-14-12(11-4-5-11)8-20(17,18)16(2)3/h9,11-12,14H,4-8H2,1-3H3. The number of thiazole rings is 1. The summed E-state index contributed by atoms with van der Waals surface area (Å²) in [5.41, 5.74) is 2.94. The van der Waals surface area contributed by atoms with Gasteiger partial charge in [0.05, 0.1) is 17.0 Å². The number of hydrogen-bond acceptors (Lipinski definition) is 5. The fourth-order valence-electron chi connectivity index (χ4n) is 2.17. The minimum Gasteiger partial charge on any atom is -0.312 e. The van der Waals surface area contributed by atoms with Gasteiger partial charge in [-0.3, -0.25) is 0 Å². The molecule has 7 heteroatoms. The predicted octanol–water partition coefficient (Wildman–Crippen LogP) is 1.25. The molecule has 0 saturated heterocycles. The summed E-state index contributed by atoms with van der Waals surface area (Å²) >= 11 is 1.67. The molecule has 0 amide bonds. The number of aryl methyl sites for hydroxylation is 1. The molecule has 1 saturated carbocycles. The number of rotatable bonds is 8. The van der Waals surface area contributed by atoms with E-state index in [1.54, 1.807) is 25.4 Å². The molecule has 1 aromatic heterocycles. The molecule has 0 aliphatic heterocycles. The molecule has 1 aromatic rings. The van der Waals surface area contributed by atoms with Gasteiger partial charge in [-0.05, 0) is 32.1 Å². The van der Waals surface area contributed by atoms with Crippen LogP contribution in [-0.2, 0) is 16.4 Å². The molecule has 114 valence electrons. The average Bonchev–Trinajstić information content (AvgIpc) is 3.13. The van der Waals surface area contributed by atoms with E-state index in [0.29, 0.717) is 5.92 Å². The van der Waals surface area contributed by atoms with Gasteiger partial charge >= 0.3 is 0 Å². The monoisotopic (exact) mass is 317 g/mol. The highest BCUT2D eigenvalue weighted by molar-refractivity contribution is 7.89. The van der Waals surface area contributed by atoms with Gasteiger partial charge < -0.3 is 5.32 Å². The number of sulfonamides is 1. The van der Waals surface area contributed by atoms with Crippen LogP contribution >= 0.6 is 11.3 Å². The maximum atomic E-state index is 12.0. The molecule has 0 radical (unpaired) electrons. The average molecular weight is 317 g/mol. The minimum atomic E-state index is -3.13. The summed E-state index contributed by atoms with van der Waals surface area (Å²) in [4.78, 5) is 5.51. The van der Waals surface area contributed by atoms with Crippen LogP contribution in [0.3, 0.4) is 0 Å². The van der Waals surface area contributed by atoms with Gasteiger partial charge in [0.15, 0.2) is 0 Å². The third kappa shape index (κ3) is 4.25. The van der Waals surface area contributed by atoms with Crippen molar-refractivity contribution in [2.45, 2.75) is 32.2 Å². The van der Waals surface area contributed by atoms with Gasteiger partial charge in [-0.15, -0.1) is 11.3 Å². The Labute approximate surface area is 125 Å². The zero-order valence-corrected chi connectivity index (χ0v) is 13.9. The SMILES string of the molecule is Cc1ncsc1CCNC(CS(=O)(=O)N(C)C)C1CC1. The fourth-order valence-corrected chi connectivity index (χ4v) is 4.10. The van der Waals surface area contributed by atoms with E-state index in [1.165, 1.54) is 9.18 Å². The summed E-state index contributed by atoms with van der Waals surface area (Å²) < 4.78 is 25.3. The lowest BCUT2D eigenvalue weighted by Crippen LogP contribution is -2.41. The molecule has 0 spiro atoms. The van der Waals surface area contributed by atoms with Gasteiger partial charge in [-0.1, -0.05) is 0 Å². The van der Waals surface area contributed by atoms with E-state index in [9.17, 15) is 8.42 Å². The largest absolute Gasteiger partial charge is 0.312 e. The number of hydrogen-bond donors (Lipinski definition) is 1. The lowest BCUT2D eigenvalue weighted by atomic mass is 10.2. The molecule has 1 unspecified atom stereocenters. The Morgan fingerprint density at radius 3 is 2.70 bits per heavy atom. The van der Waals surface area contributed by atoms with Crippen molar-refractivity contribution >= 4 is 21.4 Å². The predicted molar refractivity (Wildman–Crippen MR) is 82.5 cm³/mol. The molecule has 1 aliphatic rings. The van der Waals surface area contributed by atoms with E-state index in [1.807, 2.05) is 12.4 Å². The van der Waals surface area contributed by atoms with Gasteiger partial charge in [-0.25, -0.2) is 17.7 Å². The van der Waals surface area contributed by atoms with Crippen LogP contribution in [0.2, 0.25) is 0 Å². The van der Waals surface area contributed by atoms with Crippen molar-refractivity contribution in [3.8, 4) is 0 Å². The molecule has 1 atom stereocenters. The third-order valence-corrected chi connectivity index (χ3v) is 6.63. The van der Waals surface area contributed by atoms with E-state index in [-0.39, 0.29) is 11.8 Å². The van der Waals surface area contributed by atoms with Crippen molar-refractivity contribution in [3.63, 3.8) is 0 Å². The van der Waals surface area contributed by atoms with Gasteiger partial charge in [0.2, 0.25) is 10.0 Å². The fraction of sp³-hybridized carbons (Fsp3) is 0.769. The Morgan fingerprint density at radius 1 is 1.50 bits per heavy atom. The highest BCUT2D eigenvalue weighted by Crippen LogP contribution is 2.33. The molecule has 1 N–H and O–H groups in total. The first-order valence-corrected chi connectivity index (χ1v) is 9.41. The van der Waals surface area contributed by atoms with E-state index >= 15 is 0 Å². The summed E-state index contributed by atoms with van der Waals surface area (Å²) in [6.45, 7) is 2.83. The van der Waals surface area contributed by atoms with Crippen LogP contribution in [0.1, 0.15) is 23.4 Å². The van der Waals surface area contributed by atoms with Gasteiger partial charge in [-0.2, -0.15) is 0 Å². The smallest absolute Gasteiger partial charge is 0.215 e. The van der Waals surface area contributed by atoms with E-state index in [4.69, 9.17) is 0 Å². The molecule has 0 aromatic carbocycles. The zero-order valence-electron chi connectivity index (χ0n) is 12.3. The van der Waals surface area contributed by atoms with E-state index in [2.05, 4.69) is 10.3 Å². The second kappa shape index (κ2) is 6.51. The maximum Gasteiger partial charge on any atom is 0.215 e. The first-order chi connectivity index (χ1) is 9.40. The van der Waals surface area contributed by atoms with Crippen LogP contribution in [0.4, 0.5) is 0 Å². The molecular weight excluding hydrogens is 294 g/mol. The second-order valence-electron chi connectivity index (χ2n) is 5.57. The molecule has 1 heterocycles. The summed E-state index contributed by atoms with van der Waals surface area (Å²) in [7, 11) is 0.0607.